The van der Waals surface area contributed by atoms with Gasteiger partial charge in [-0.15, -0.1) is 0 Å². The number of ether oxygens (including phenoxy) is 3. The van der Waals surface area contributed by atoms with Crippen LogP contribution in [0.25, 0.3) is 17.0 Å². The molecule has 0 fully saturated rings. The number of allylic oxidation sites excluding steroid dienone is 3. The molecule has 1 heterocycles. The maximum Gasteiger partial charge on any atom is 0.234 e. The highest BCUT2D eigenvalue weighted by Crippen LogP contribution is 2.43. The molecule has 7 nitrogen and oxygen atoms in total. The molecule has 7 heteroatoms. The van der Waals surface area contributed by atoms with Crippen LogP contribution in [-0.2, 0) is 26.3 Å². The number of carbonyl (C=O) groups is 1. The number of benzene rings is 1. The molecule has 1 N–H and O–H groups in total. The minimum Gasteiger partial charge on any atom is -0.507 e. The van der Waals surface area contributed by atoms with Gasteiger partial charge in [0.15, 0.2) is 11.4 Å². The molecule has 33 heavy (non-hydrogen) atoms. The normalized spacial score (nSPS) is 17.3. The summed E-state index contributed by atoms with van der Waals surface area (Å²) >= 11 is 0. The van der Waals surface area contributed by atoms with Gasteiger partial charge < -0.3 is 23.7 Å². The van der Waals surface area contributed by atoms with Gasteiger partial charge in [-0.2, -0.15) is 0 Å². The molecular formula is C26H30O7. The summed E-state index contributed by atoms with van der Waals surface area (Å²) in [5.74, 6) is -0.163. The topological polar surface area (TPSA) is 95.2 Å². The largest absolute Gasteiger partial charge is 0.507 e. The molecule has 1 aromatic carbocycles. The number of ketones is 1. The van der Waals surface area contributed by atoms with Crippen molar-refractivity contribution in [1.29, 1.82) is 0 Å². The molecule has 176 valence electrons. The number of hydrogen-bond acceptors (Lipinski definition) is 7. The standard InChI is InChI=1S/C26H30O7/c1-14(2)8-9-16-17(30-5)12-18-21(23(16)27)24(28)22-19(33-18)13-20(31-6)25(29)26(22,32-7)11-10-15(3)4/h8,10,12-13,27H,9,11H2,1-7H3. The molecule has 1 unspecified atom stereocenters. The summed E-state index contributed by atoms with van der Waals surface area (Å²) in [7, 11) is 4.23. The van der Waals surface area contributed by atoms with Crippen molar-refractivity contribution >= 4 is 22.8 Å². The van der Waals surface area contributed by atoms with Crippen LogP contribution in [0.5, 0.6) is 11.5 Å². The van der Waals surface area contributed by atoms with Crippen LogP contribution < -0.4 is 10.2 Å². The Kier molecular flexibility index (Phi) is 6.84. The maximum absolute atomic E-state index is 13.8. The van der Waals surface area contributed by atoms with Crippen molar-refractivity contribution in [3.63, 3.8) is 0 Å². The number of methoxy groups -OCH3 is 3. The molecular weight excluding hydrogens is 424 g/mol. The van der Waals surface area contributed by atoms with Gasteiger partial charge in [0.05, 0.1) is 19.8 Å². The molecule has 1 aliphatic rings. The van der Waals surface area contributed by atoms with Gasteiger partial charge in [0.1, 0.15) is 28.2 Å². The van der Waals surface area contributed by atoms with Crippen LogP contribution in [0.1, 0.15) is 51.0 Å². The van der Waals surface area contributed by atoms with Gasteiger partial charge in [-0.1, -0.05) is 23.3 Å². The smallest absolute Gasteiger partial charge is 0.234 e. The molecule has 3 rings (SSSR count). The van der Waals surface area contributed by atoms with Crippen molar-refractivity contribution < 1.29 is 28.5 Å². The van der Waals surface area contributed by atoms with E-state index in [0.717, 1.165) is 11.1 Å². The zero-order chi connectivity index (χ0) is 24.5. The first-order chi connectivity index (χ1) is 15.6. The Morgan fingerprint density at radius 3 is 2.27 bits per heavy atom. The quantitative estimate of drug-likeness (QED) is 0.601. The van der Waals surface area contributed by atoms with Crippen LogP contribution in [0.2, 0.25) is 0 Å². The second-order valence-corrected chi connectivity index (χ2v) is 8.49. The number of Topliss-reactive ketones (excluding diaryl/α,β-unsaturated/α-hetero) is 1. The molecule has 0 aliphatic heterocycles. The van der Waals surface area contributed by atoms with E-state index >= 15 is 0 Å². The summed E-state index contributed by atoms with van der Waals surface area (Å²) in [6.07, 6.45) is 5.61. The monoisotopic (exact) mass is 454 g/mol. The first kappa shape index (κ1) is 24.3. The predicted molar refractivity (Wildman–Crippen MR) is 127 cm³/mol. The third kappa shape index (κ3) is 4.09. The number of phenolic OH excluding ortho intramolecular Hbond substituents is 1. The van der Waals surface area contributed by atoms with E-state index in [-0.39, 0.29) is 40.2 Å². The molecule has 0 amide bonds. The van der Waals surface area contributed by atoms with Crippen LogP contribution in [0.3, 0.4) is 0 Å². The fourth-order valence-corrected chi connectivity index (χ4v) is 4.01. The minimum absolute atomic E-state index is 0.0189. The summed E-state index contributed by atoms with van der Waals surface area (Å²) in [5, 5.41) is 11.1. The molecule has 0 radical (unpaired) electrons. The molecule has 0 saturated heterocycles. The van der Waals surface area contributed by atoms with E-state index in [0.29, 0.717) is 17.7 Å². The van der Waals surface area contributed by atoms with Crippen LogP contribution in [0.4, 0.5) is 0 Å². The van der Waals surface area contributed by atoms with Crippen molar-refractivity contribution in [1.82, 2.24) is 0 Å². The summed E-state index contributed by atoms with van der Waals surface area (Å²) in [6, 6.07) is 1.58. The van der Waals surface area contributed by atoms with E-state index in [4.69, 9.17) is 18.6 Å². The zero-order valence-electron chi connectivity index (χ0n) is 20.1. The Bertz CT molecular complexity index is 1250. The van der Waals surface area contributed by atoms with Crippen LogP contribution in [0, 0.1) is 0 Å². The summed E-state index contributed by atoms with van der Waals surface area (Å²) in [4.78, 5) is 27.2. The lowest BCUT2D eigenvalue weighted by Crippen LogP contribution is -2.45. The van der Waals surface area contributed by atoms with E-state index in [1.54, 1.807) is 6.07 Å². The molecule has 1 aromatic heterocycles. The fourth-order valence-electron chi connectivity index (χ4n) is 4.01. The SMILES string of the molecule is COC1=Cc2oc3cc(OC)c(CC=C(C)C)c(O)c3c(=O)c2C(CC=C(C)C)(OC)C1=O. The lowest BCUT2D eigenvalue weighted by Gasteiger charge is -2.33. The van der Waals surface area contributed by atoms with Gasteiger partial charge in [-0.3, -0.25) is 9.59 Å². The first-order valence-electron chi connectivity index (χ1n) is 10.6. The Balaban J connectivity index is 2.45. The fraction of sp³-hybridized carbons (Fsp3) is 0.385. The summed E-state index contributed by atoms with van der Waals surface area (Å²) < 4.78 is 22.5. The van der Waals surface area contributed by atoms with Gasteiger partial charge in [-0.25, -0.2) is 0 Å². The van der Waals surface area contributed by atoms with Crippen molar-refractivity contribution in [2.24, 2.45) is 0 Å². The Hall–Kier alpha value is -3.32. The van der Waals surface area contributed by atoms with Gasteiger partial charge in [0.25, 0.3) is 0 Å². The van der Waals surface area contributed by atoms with Crippen LogP contribution in [-0.4, -0.2) is 32.2 Å². The second-order valence-electron chi connectivity index (χ2n) is 8.49. The van der Waals surface area contributed by atoms with Crippen molar-refractivity contribution in [3.8, 4) is 11.5 Å². The van der Waals surface area contributed by atoms with Gasteiger partial charge in [0, 0.05) is 31.2 Å². The molecule has 2 aromatic rings. The van der Waals surface area contributed by atoms with Crippen molar-refractivity contribution in [3.05, 3.63) is 62.2 Å². The lowest BCUT2D eigenvalue weighted by molar-refractivity contribution is -0.141. The molecule has 1 aliphatic carbocycles. The Labute approximate surface area is 193 Å². The van der Waals surface area contributed by atoms with E-state index in [1.807, 2.05) is 39.8 Å². The zero-order valence-corrected chi connectivity index (χ0v) is 20.1. The summed E-state index contributed by atoms with van der Waals surface area (Å²) in [5.41, 5.74) is 0.466. The van der Waals surface area contributed by atoms with Crippen LogP contribution in [0.15, 0.2) is 44.3 Å². The van der Waals surface area contributed by atoms with Crippen molar-refractivity contribution in [2.45, 2.75) is 46.1 Å². The minimum atomic E-state index is -1.64. The lowest BCUT2D eigenvalue weighted by atomic mass is 9.79. The highest BCUT2D eigenvalue weighted by molar-refractivity contribution is 6.07. The first-order valence-corrected chi connectivity index (χ1v) is 10.6. The number of fused-ring (bicyclic) bond motifs is 2. The number of hydrogen-bond donors (Lipinski definition) is 1. The van der Waals surface area contributed by atoms with Crippen molar-refractivity contribution in [2.75, 3.05) is 21.3 Å². The third-order valence-electron chi connectivity index (χ3n) is 5.81. The van der Waals surface area contributed by atoms with E-state index in [2.05, 4.69) is 0 Å². The molecule has 1 atom stereocenters. The van der Waals surface area contributed by atoms with Gasteiger partial charge in [-0.05, 0) is 34.1 Å². The molecule has 0 bridgehead atoms. The van der Waals surface area contributed by atoms with E-state index in [1.165, 1.54) is 27.4 Å². The van der Waals surface area contributed by atoms with Gasteiger partial charge >= 0.3 is 0 Å². The number of rotatable bonds is 7. The maximum atomic E-state index is 13.8. The van der Waals surface area contributed by atoms with Crippen LogP contribution >= 0.6 is 0 Å². The predicted octanol–water partition coefficient (Wildman–Crippen LogP) is 4.78. The van der Waals surface area contributed by atoms with E-state index < -0.39 is 16.8 Å². The second kappa shape index (κ2) is 9.27. The highest BCUT2D eigenvalue weighted by Gasteiger charge is 2.49. The van der Waals surface area contributed by atoms with Gasteiger partial charge in [0.2, 0.25) is 11.2 Å². The molecule has 0 spiro atoms. The third-order valence-corrected chi connectivity index (χ3v) is 5.81. The Morgan fingerprint density at radius 1 is 1.06 bits per heavy atom. The number of aromatic hydroxyl groups is 1. The summed E-state index contributed by atoms with van der Waals surface area (Å²) in [6.45, 7) is 7.66. The van der Waals surface area contributed by atoms with E-state index in [9.17, 15) is 14.7 Å². The average Bonchev–Trinajstić information content (AvgIpc) is 2.77. The molecule has 0 saturated carbocycles. The number of carbonyl (C=O) groups excluding carboxylic acids is 1. The number of phenols is 1. The average molecular weight is 455 g/mol. The Morgan fingerprint density at radius 2 is 1.73 bits per heavy atom. The highest BCUT2D eigenvalue weighted by atomic mass is 16.5.